The summed E-state index contributed by atoms with van der Waals surface area (Å²) in [6.07, 6.45) is 3.67. The number of ketones is 3. The Balaban J connectivity index is 0.000000209. The molecule has 0 fully saturated rings. The van der Waals surface area contributed by atoms with E-state index in [4.69, 9.17) is 23.7 Å². The molecule has 8 unspecified atom stereocenters. The van der Waals surface area contributed by atoms with E-state index in [1.807, 2.05) is 97.0 Å². The summed E-state index contributed by atoms with van der Waals surface area (Å²) in [5.74, 6) is 4.35. The van der Waals surface area contributed by atoms with E-state index in [0.29, 0.717) is 116 Å². The SMILES string of the molecule is CC(C)c1ccc2c(c1)NC(=O)CC(C)C(C)CC(=O)C2.CC(C)c1ccc2c(c1)NC(=O)CC(C)C(C)CC(=O)O2.CC(C)c1ccc2c(c1)OC(=O)CC(C)C(C)CC(=O)O2.CC(C)c1ccc2c(c1)OCC(=O)CC(C)C(C)CC(=O)CO2. The van der Waals surface area contributed by atoms with Gasteiger partial charge in [0.15, 0.2) is 40.3 Å². The van der Waals surface area contributed by atoms with E-state index in [2.05, 4.69) is 79.0 Å². The van der Waals surface area contributed by atoms with E-state index in [1.165, 1.54) is 5.56 Å². The quantitative estimate of drug-likeness (QED) is 0.144. The van der Waals surface area contributed by atoms with Gasteiger partial charge in [0.2, 0.25) is 11.8 Å². The fraction of sp³-hybridized carbons (Fsp3) is 0.549. The average Bonchev–Trinajstić information content (AvgIpc) is 2.38. The molecule has 2 N–H and O–H groups in total. The molecule has 0 radical (unpaired) electrons. The Bertz CT molecular complexity index is 2790. The summed E-state index contributed by atoms with van der Waals surface area (Å²) in [5, 5.41) is 5.89. The smallest absolute Gasteiger partial charge is 0.311 e. The number of anilines is 2. The summed E-state index contributed by atoms with van der Waals surface area (Å²) in [5.41, 5.74) is 6.75. The number of nitrogens with one attached hydrogen (secondary N) is 2. The third kappa shape index (κ3) is 21.7. The van der Waals surface area contributed by atoms with Gasteiger partial charge in [-0.3, -0.25) is 38.4 Å². The van der Waals surface area contributed by atoms with Crippen LogP contribution in [0.4, 0.5) is 11.4 Å². The number of fused-ring (bicyclic) bond motifs is 4. The van der Waals surface area contributed by atoms with Gasteiger partial charge in [-0.05, 0) is 141 Å². The molecule has 8 rings (SSSR count). The lowest BCUT2D eigenvalue weighted by molar-refractivity contribution is -0.140. The average molecular weight is 1190 g/mol. The van der Waals surface area contributed by atoms with Crippen molar-refractivity contribution in [1.29, 1.82) is 0 Å². The first kappa shape index (κ1) is 69.6. The van der Waals surface area contributed by atoms with Crippen LogP contribution in [0.15, 0.2) is 72.8 Å². The molecule has 0 bridgehead atoms. The van der Waals surface area contributed by atoms with E-state index in [-0.39, 0.29) is 108 Å². The summed E-state index contributed by atoms with van der Waals surface area (Å²) < 4.78 is 27.5. The van der Waals surface area contributed by atoms with Crippen LogP contribution in [0.1, 0.15) is 214 Å². The number of rotatable bonds is 4. The molecule has 4 heterocycles. The van der Waals surface area contributed by atoms with Crippen LogP contribution in [-0.2, 0) is 44.8 Å². The fourth-order valence-electron chi connectivity index (χ4n) is 10.2. The summed E-state index contributed by atoms with van der Waals surface area (Å²) in [4.78, 5) is 96.7. The number of amides is 2. The number of carbonyl (C=O) groups excluding carboxylic acids is 8. The van der Waals surface area contributed by atoms with E-state index in [0.717, 1.165) is 27.9 Å². The van der Waals surface area contributed by atoms with Crippen LogP contribution in [0.2, 0.25) is 0 Å². The zero-order valence-electron chi connectivity index (χ0n) is 53.9. The fourth-order valence-corrected chi connectivity index (χ4v) is 10.2. The first-order chi connectivity index (χ1) is 40.5. The Morgan fingerprint density at radius 3 is 1.13 bits per heavy atom. The van der Waals surface area contributed by atoms with Crippen LogP contribution in [0.25, 0.3) is 0 Å². The molecule has 4 aliphatic rings. The standard InChI is InChI=1S/C19H26O4.C18H25NO2.C17H23NO3.C17H22O4/c1-12(2)15-5-6-18-19(9-15)23-11-17(21)8-14(4)13(3)7-16(20)10-22-18;1-11(2)14-5-6-15-9-16(20)7-12(3)13(4)8-18(21)19-17(15)10-14;1-10(2)13-5-6-15-14(9-13)18-16(19)7-11(3)12(4)8-17(20)21-15;1-10(2)13-5-6-14-15(9-13)21-17(19)8-12(4)11(3)7-16(18)20-14/h5-6,9,12-14H,7-8,10-11H2,1-4H3;5-6,10-13H,7-9H2,1-4H3,(H,19,21);5-6,9-12H,7-8H2,1-4H3,(H,18,19);5-6,9-12H,7-8H2,1-4H3. The van der Waals surface area contributed by atoms with Crippen molar-refractivity contribution >= 4 is 58.4 Å². The molecule has 0 aromatic heterocycles. The molecule has 86 heavy (non-hydrogen) atoms. The lowest BCUT2D eigenvalue weighted by Gasteiger charge is -2.22. The number of benzene rings is 4. The van der Waals surface area contributed by atoms with Gasteiger partial charge < -0.3 is 34.3 Å². The maximum Gasteiger partial charge on any atom is 0.311 e. The second-order valence-electron chi connectivity index (χ2n) is 26.0. The number of esters is 3. The first-order valence-corrected chi connectivity index (χ1v) is 31.0. The minimum Gasteiger partial charge on any atom is -0.482 e. The highest BCUT2D eigenvalue weighted by atomic mass is 16.6. The molecule has 0 aliphatic carbocycles. The molecule has 0 saturated carbocycles. The highest BCUT2D eigenvalue weighted by Gasteiger charge is 2.28. The van der Waals surface area contributed by atoms with Crippen LogP contribution in [0, 0.1) is 47.3 Å². The van der Waals surface area contributed by atoms with Crippen LogP contribution >= 0.6 is 0 Å². The Labute approximate surface area is 511 Å². The lowest BCUT2D eigenvalue weighted by Crippen LogP contribution is -2.24. The molecule has 15 heteroatoms. The van der Waals surface area contributed by atoms with Gasteiger partial charge in [-0.25, -0.2) is 0 Å². The van der Waals surface area contributed by atoms with Gasteiger partial charge >= 0.3 is 17.9 Å². The second kappa shape index (κ2) is 32.5. The monoisotopic (exact) mass is 1180 g/mol. The third-order valence-corrected chi connectivity index (χ3v) is 17.1. The van der Waals surface area contributed by atoms with Gasteiger partial charge in [0.1, 0.15) is 19.0 Å². The van der Waals surface area contributed by atoms with Crippen LogP contribution in [0.3, 0.4) is 0 Å². The van der Waals surface area contributed by atoms with Gasteiger partial charge in [-0.2, -0.15) is 0 Å². The topological polar surface area (TPSA) is 207 Å². The first-order valence-electron chi connectivity index (χ1n) is 31.0. The molecule has 468 valence electrons. The summed E-state index contributed by atoms with van der Waals surface area (Å²) in [6.45, 7) is 32.8. The van der Waals surface area contributed by atoms with Crippen molar-refractivity contribution in [3.05, 3.63) is 101 Å². The van der Waals surface area contributed by atoms with Crippen molar-refractivity contribution < 1.29 is 62.0 Å². The summed E-state index contributed by atoms with van der Waals surface area (Å²) in [6, 6.07) is 22.7. The predicted molar refractivity (Wildman–Crippen MR) is 336 cm³/mol. The van der Waals surface area contributed by atoms with Crippen LogP contribution in [-0.4, -0.2) is 60.3 Å². The van der Waals surface area contributed by atoms with E-state index in [9.17, 15) is 38.4 Å². The van der Waals surface area contributed by atoms with Crippen LogP contribution < -0.4 is 34.3 Å². The van der Waals surface area contributed by atoms with Crippen molar-refractivity contribution in [2.75, 3.05) is 23.8 Å². The molecular formula is C71H96N2O13. The molecule has 0 saturated heterocycles. The molecule has 4 aliphatic heterocycles. The van der Waals surface area contributed by atoms with Crippen molar-refractivity contribution in [3.63, 3.8) is 0 Å². The molecule has 4 aromatic rings. The molecular weight excluding hydrogens is 1090 g/mol. The Kier molecular flexibility index (Phi) is 26.3. The molecule has 2 amide bonds. The maximum atomic E-state index is 12.2. The highest BCUT2D eigenvalue weighted by molar-refractivity contribution is 5.94. The van der Waals surface area contributed by atoms with Gasteiger partial charge in [-0.15, -0.1) is 0 Å². The number of hydrogen-bond donors (Lipinski definition) is 2. The molecule has 0 spiro atoms. The summed E-state index contributed by atoms with van der Waals surface area (Å²) in [7, 11) is 0. The van der Waals surface area contributed by atoms with Crippen LogP contribution in [0.5, 0.6) is 28.7 Å². The normalized spacial score (nSPS) is 23.4. The predicted octanol–water partition coefficient (Wildman–Crippen LogP) is 15.1. The molecule has 15 nitrogen and oxygen atoms in total. The largest absolute Gasteiger partial charge is 0.482 e. The number of Topliss-reactive ketones (excluding diaryl/α,β-unsaturated/α-hetero) is 3. The number of carbonyl (C=O) groups is 8. The van der Waals surface area contributed by atoms with E-state index < -0.39 is 0 Å². The number of ether oxygens (including phenoxy) is 5. The summed E-state index contributed by atoms with van der Waals surface area (Å²) >= 11 is 0. The number of hydrogen-bond acceptors (Lipinski definition) is 13. The second-order valence-corrected chi connectivity index (χ2v) is 26.0. The zero-order valence-corrected chi connectivity index (χ0v) is 53.9. The van der Waals surface area contributed by atoms with Crippen molar-refractivity contribution in [2.24, 2.45) is 47.3 Å². The van der Waals surface area contributed by atoms with Crippen molar-refractivity contribution in [1.82, 2.24) is 0 Å². The van der Waals surface area contributed by atoms with Gasteiger partial charge in [-0.1, -0.05) is 141 Å². The van der Waals surface area contributed by atoms with Gasteiger partial charge in [0, 0.05) is 63.5 Å². The van der Waals surface area contributed by atoms with Gasteiger partial charge in [0.25, 0.3) is 0 Å². The zero-order chi connectivity index (χ0) is 63.7. The molecule has 4 aromatic carbocycles. The van der Waals surface area contributed by atoms with E-state index in [1.54, 1.807) is 18.2 Å². The maximum absolute atomic E-state index is 12.2. The minimum absolute atomic E-state index is 0.0329. The van der Waals surface area contributed by atoms with Gasteiger partial charge in [0.05, 0.1) is 5.69 Å². The van der Waals surface area contributed by atoms with Crippen molar-refractivity contribution in [3.8, 4) is 28.7 Å². The highest BCUT2D eigenvalue weighted by Crippen LogP contribution is 2.37. The Morgan fingerprint density at radius 1 is 0.337 bits per heavy atom. The van der Waals surface area contributed by atoms with Crippen molar-refractivity contribution in [2.45, 2.75) is 192 Å². The minimum atomic E-state index is -0.286. The Morgan fingerprint density at radius 2 is 0.663 bits per heavy atom. The molecule has 8 atom stereocenters. The third-order valence-electron chi connectivity index (χ3n) is 17.1. The van der Waals surface area contributed by atoms with E-state index >= 15 is 0 Å². The lowest BCUT2D eigenvalue weighted by atomic mass is 9.86. The Hall–Kier alpha value is -7.16.